The van der Waals surface area contributed by atoms with Gasteiger partial charge in [0.15, 0.2) is 0 Å². The van der Waals surface area contributed by atoms with Crippen LogP contribution in [-0.4, -0.2) is 62.9 Å². The number of hydrogen-bond donors (Lipinski definition) is 3. The van der Waals surface area contributed by atoms with Crippen molar-refractivity contribution in [2.24, 2.45) is 5.92 Å². The van der Waals surface area contributed by atoms with E-state index in [1.54, 1.807) is 0 Å². The van der Waals surface area contributed by atoms with Crippen molar-refractivity contribution in [2.45, 2.75) is 12.8 Å². The lowest BCUT2D eigenvalue weighted by Gasteiger charge is -2.31. The number of likely N-dealkylation sites (tertiary alicyclic amines) is 1. The van der Waals surface area contributed by atoms with E-state index in [0.29, 0.717) is 12.5 Å². The molecule has 0 aliphatic carbocycles. The molecule has 0 bridgehead atoms. The topological polar surface area (TPSA) is 67.8 Å². The van der Waals surface area contributed by atoms with Crippen molar-refractivity contribution < 1.29 is 9.90 Å². The molecule has 3 N–H and O–H groups in total. The zero-order valence-electron chi connectivity index (χ0n) is 14.1. The normalized spacial score (nSPS) is 18.5. The molecule has 1 aliphatic heterocycles. The molecular formula is C17H28N4O2. The average Bonchev–Trinajstić information content (AvgIpc) is 2.55. The van der Waals surface area contributed by atoms with Crippen molar-refractivity contribution in [3.8, 4) is 0 Å². The molecule has 1 saturated heterocycles. The number of anilines is 2. The van der Waals surface area contributed by atoms with E-state index in [4.69, 9.17) is 0 Å². The molecule has 2 amide bonds. The average molecular weight is 320 g/mol. The van der Waals surface area contributed by atoms with E-state index < -0.39 is 0 Å². The van der Waals surface area contributed by atoms with Gasteiger partial charge in [-0.15, -0.1) is 0 Å². The maximum absolute atomic E-state index is 12.0. The minimum absolute atomic E-state index is 0.184. The number of nitrogens with zero attached hydrogens (tertiary/aromatic N) is 2. The third-order valence-electron chi connectivity index (χ3n) is 4.20. The molecule has 1 aliphatic rings. The second-order valence-electron chi connectivity index (χ2n) is 6.32. The molecule has 0 saturated carbocycles. The zero-order chi connectivity index (χ0) is 16.7. The summed E-state index contributed by atoms with van der Waals surface area (Å²) in [4.78, 5) is 16.3. The van der Waals surface area contributed by atoms with Crippen LogP contribution < -0.4 is 15.5 Å². The van der Waals surface area contributed by atoms with E-state index in [1.165, 1.54) is 0 Å². The Morgan fingerprint density at radius 3 is 3.00 bits per heavy atom. The molecule has 2 rings (SSSR count). The van der Waals surface area contributed by atoms with Crippen molar-refractivity contribution in [3.05, 3.63) is 24.3 Å². The number of hydrogen-bond acceptors (Lipinski definition) is 4. The smallest absolute Gasteiger partial charge is 0.319 e. The largest absolute Gasteiger partial charge is 0.396 e. The predicted molar refractivity (Wildman–Crippen MR) is 94.0 cm³/mol. The number of carbonyl (C=O) groups excluding carboxylic acids is 1. The molecule has 1 fully saturated rings. The molecular weight excluding hydrogens is 292 g/mol. The lowest BCUT2D eigenvalue weighted by atomic mass is 9.99. The molecule has 6 heteroatoms. The van der Waals surface area contributed by atoms with Crippen LogP contribution in [0, 0.1) is 5.92 Å². The van der Waals surface area contributed by atoms with Crippen molar-refractivity contribution in [1.82, 2.24) is 10.2 Å². The van der Waals surface area contributed by atoms with Gasteiger partial charge in [-0.05, 0) is 43.5 Å². The molecule has 6 nitrogen and oxygen atoms in total. The molecule has 0 spiro atoms. The van der Waals surface area contributed by atoms with Gasteiger partial charge >= 0.3 is 6.03 Å². The van der Waals surface area contributed by atoms with Crippen LogP contribution in [0.1, 0.15) is 12.8 Å². The highest BCUT2D eigenvalue weighted by molar-refractivity contribution is 5.89. The second kappa shape index (κ2) is 8.74. The molecule has 1 atom stereocenters. The molecule has 0 aromatic heterocycles. The predicted octanol–water partition coefficient (Wildman–Crippen LogP) is 1.58. The Morgan fingerprint density at radius 1 is 1.43 bits per heavy atom. The molecule has 1 aromatic rings. The summed E-state index contributed by atoms with van der Waals surface area (Å²) < 4.78 is 0. The summed E-state index contributed by atoms with van der Waals surface area (Å²) >= 11 is 0. The highest BCUT2D eigenvalue weighted by Crippen LogP contribution is 2.17. The Labute approximate surface area is 138 Å². The molecule has 0 unspecified atom stereocenters. The van der Waals surface area contributed by atoms with Crippen LogP contribution in [0.4, 0.5) is 16.2 Å². The minimum atomic E-state index is -0.184. The fraction of sp³-hybridized carbons (Fsp3) is 0.588. The van der Waals surface area contributed by atoms with Crippen molar-refractivity contribution in [1.29, 1.82) is 0 Å². The summed E-state index contributed by atoms with van der Waals surface area (Å²) in [6.45, 7) is 3.65. The van der Waals surface area contributed by atoms with Crippen LogP contribution in [-0.2, 0) is 0 Å². The quantitative estimate of drug-likeness (QED) is 0.744. The number of aliphatic hydroxyl groups excluding tert-OH is 1. The molecule has 1 heterocycles. The maximum Gasteiger partial charge on any atom is 0.319 e. The Morgan fingerprint density at radius 2 is 2.26 bits per heavy atom. The number of piperidine rings is 1. The molecule has 23 heavy (non-hydrogen) atoms. The number of aliphatic hydroxyl groups is 1. The first kappa shape index (κ1) is 17.6. The van der Waals surface area contributed by atoms with E-state index in [9.17, 15) is 9.90 Å². The summed E-state index contributed by atoms with van der Waals surface area (Å²) in [5.41, 5.74) is 1.83. The number of carbonyl (C=O) groups is 1. The van der Waals surface area contributed by atoms with Crippen LogP contribution in [0.15, 0.2) is 24.3 Å². The Hall–Kier alpha value is -1.79. The fourth-order valence-corrected chi connectivity index (χ4v) is 2.87. The van der Waals surface area contributed by atoms with E-state index in [2.05, 4.69) is 15.5 Å². The summed E-state index contributed by atoms with van der Waals surface area (Å²) in [6.07, 6.45) is 2.22. The number of amides is 2. The van der Waals surface area contributed by atoms with E-state index >= 15 is 0 Å². The number of urea groups is 1. The van der Waals surface area contributed by atoms with Gasteiger partial charge in [0, 0.05) is 51.7 Å². The molecule has 1 aromatic carbocycles. The Bertz CT molecular complexity index is 507. The van der Waals surface area contributed by atoms with Crippen LogP contribution >= 0.6 is 0 Å². The lowest BCUT2D eigenvalue weighted by Crippen LogP contribution is -2.42. The van der Waals surface area contributed by atoms with Gasteiger partial charge < -0.3 is 25.5 Å². The fourth-order valence-electron chi connectivity index (χ4n) is 2.87. The van der Waals surface area contributed by atoms with Crippen LogP contribution in [0.25, 0.3) is 0 Å². The van der Waals surface area contributed by atoms with Gasteiger partial charge in [0.05, 0.1) is 0 Å². The number of rotatable bonds is 6. The van der Waals surface area contributed by atoms with Crippen LogP contribution in [0.3, 0.4) is 0 Å². The third-order valence-corrected chi connectivity index (χ3v) is 4.20. The number of nitrogens with one attached hydrogen (secondary N) is 2. The highest BCUT2D eigenvalue weighted by atomic mass is 16.3. The summed E-state index contributed by atoms with van der Waals surface area (Å²) in [5, 5.41) is 15.0. The van der Waals surface area contributed by atoms with E-state index in [0.717, 1.165) is 43.9 Å². The number of benzene rings is 1. The van der Waals surface area contributed by atoms with E-state index in [-0.39, 0.29) is 12.6 Å². The van der Waals surface area contributed by atoms with Gasteiger partial charge in [0.1, 0.15) is 0 Å². The third kappa shape index (κ3) is 5.73. The monoisotopic (exact) mass is 320 g/mol. The van der Waals surface area contributed by atoms with Crippen molar-refractivity contribution in [3.63, 3.8) is 0 Å². The molecule has 0 radical (unpaired) electrons. The Balaban J connectivity index is 1.72. The first-order valence-electron chi connectivity index (χ1n) is 8.24. The van der Waals surface area contributed by atoms with Gasteiger partial charge in [-0.2, -0.15) is 0 Å². The van der Waals surface area contributed by atoms with Crippen LogP contribution in [0.2, 0.25) is 0 Å². The standard InChI is InChI=1S/C17H28N4O2/c1-20(2)16-7-3-6-15(11-16)19-17(23)18-8-10-21-9-4-5-14(12-21)13-22/h3,6-7,11,14,22H,4-5,8-10,12-13H2,1-2H3,(H2,18,19,23)/t14-/m0/s1. The van der Waals surface area contributed by atoms with Gasteiger partial charge in [-0.25, -0.2) is 4.79 Å². The Kier molecular flexibility index (Phi) is 6.67. The summed E-state index contributed by atoms with van der Waals surface area (Å²) in [5.74, 6) is 0.381. The summed E-state index contributed by atoms with van der Waals surface area (Å²) in [7, 11) is 3.94. The first-order chi connectivity index (χ1) is 11.1. The molecule has 128 valence electrons. The second-order valence-corrected chi connectivity index (χ2v) is 6.32. The maximum atomic E-state index is 12.0. The van der Waals surface area contributed by atoms with Gasteiger partial charge in [0.25, 0.3) is 0 Å². The minimum Gasteiger partial charge on any atom is -0.396 e. The van der Waals surface area contributed by atoms with Crippen LogP contribution in [0.5, 0.6) is 0 Å². The highest BCUT2D eigenvalue weighted by Gasteiger charge is 2.18. The SMILES string of the molecule is CN(C)c1cccc(NC(=O)NCCN2CCC[C@H](CO)C2)c1. The zero-order valence-corrected chi connectivity index (χ0v) is 14.1. The lowest BCUT2D eigenvalue weighted by molar-refractivity contribution is 0.121. The first-order valence-corrected chi connectivity index (χ1v) is 8.24. The van der Waals surface area contributed by atoms with E-state index in [1.807, 2.05) is 43.3 Å². The van der Waals surface area contributed by atoms with Gasteiger partial charge in [-0.3, -0.25) is 0 Å². The van der Waals surface area contributed by atoms with Gasteiger partial charge in [0.2, 0.25) is 0 Å². The van der Waals surface area contributed by atoms with Gasteiger partial charge in [-0.1, -0.05) is 6.07 Å². The summed E-state index contributed by atoms with van der Waals surface area (Å²) in [6, 6.07) is 7.56. The van der Waals surface area contributed by atoms with Crippen molar-refractivity contribution in [2.75, 3.05) is 57.1 Å². The van der Waals surface area contributed by atoms with Crippen molar-refractivity contribution >= 4 is 17.4 Å².